The SMILES string of the molecule is O=C(NC1CC1)C1CCCN1C(=O)C1CCN(c2ccccc2[N+](=O)[O-])CC1. The summed E-state index contributed by atoms with van der Waals surface area (Å²) in [4.78, 5) is 40.2. The first-order chi connectivity index (χ1) is 13.5. The van der Waals surface area contributed by atoms with E-state index < -0.39 is 0 Å². The molecule has 1 unspecified atom stereocenters. The van der Waals surface area contributed by atoms with Gasteiger partial charge >= 0.3 is 0 Å². The zero-order valence-electron chi connectivity index (χ0n) is 15.9. The highest BCUT2D eigenvalue weighted by atomic mass is 16.6. The molecule has 3 aliphatic rings. The largest absolute Gasteiger partial charge is 0.366 e. The second kappa shape index (κ2) is 7.77. The average Bonchev–Trinajstić information content (AvgIpc) is 3.39. The van der Waals surface area contributed by atoms with E-state index in [4.69, 9.17) is 0 Å². The lowest BCUT2D eigenvalue weighted by Crippen LogP contribution is -2.50. The molecule has 2 aliphatic heterocycles. The third-order valence-electron chi connectivity index (χ3n) is 6.03. The van der Waals surface area contributed by atoms with E-state index in [0.717, 1.165) is 25.7 Å². The number of amides is 2. The van der Waals surface area contributed by atoms with Crippen molar-refractivity contribution in [3.05, 3.63) is 34.4 Å². The second-order valence-corrected chi connectivity index (χ2v) is 7.98. The molecule has 1 aromatic carbocycles. The highest BCUT2D eigenvalue weighted by molar-refractivity contribution is 5.89. The molecular formula is C20H26N4O4. The Bertz CT molecular complexity index is 771. The summed E-state index contributed by atoms with van der Waals surface area (Å²) < 4.78 is 0. The van der Waals surface area contributed by atoms with Crippen LogP contribution in [-0.2, 0) is 9.59 Å². The number of nitro benzene ring substituents is 1. The fourth-order valence-corrected chi connectivity index (χ4v) is 4.32. The molecule has 28 heavy (non-hydrogen) atoms. The number of para-hydroxylation sites is 2. The molecule has 8 heteroatoms. The van der Waals surface area contributed by atoms with Gasteiger partial charge in [0.25, 0.3) is 5.69 Å². The Morgan fingerprint density at radius 1 is 1.04 bits per heavy atom. The van der Waals surface area contributed by atoms with Gasteiger partial charge in [0.05, 0.1) is 4.92 Å². The van der Waals surface area contributed by atoms with Crippen molar-refractivity contribution in [2.24, 2.45) is 5.92 Å². The quantitative estimate of drug-likeness (QED) is 0.617. The van der Waals surface area contributed by atoms with E-state index in [1.165, 1.54) is 6.07 Å². The highest BCUT2D eigenvalue weighted by Gasteiger charge is 2.39. The van der Waals surface area contributed by atoms with Crippen molar-refractivity contribution in [1.29, 1.82) is 0 Å². The van der Waals surface area contributed by atoms with E-state index in [1.54, 1.807) is 23.1 Å². The summed E-state index contributed by atoms with van der Waals surface area (Å²) in [6.07, 6.45) is 4.98. The Morgan fingerprint density at radius 2 is 1.75 bits per heavy atom. The predicted octanol–water partition coefficient (Wildman–Crippen LogP) is 2.08. The minimum atomic E-state index is -0.361. The molecule has 2 amide bonds. The number of hydrogen-bond donors (Lipinski definition) is 1. The average molecular weight is 386 g/mol. The monoisotopic (exact) mass is 386 g/mol. The van der Waals surface area contributed by atoms with Gasteiger partial charge in [-0.2, -0.15) is 0 Å². The molecule has 2 saturated heterocycles. The van der Waals surface area contributed by atoms with Crippen LogP contribution < -0.4 is 10.2 Å². The molecule has 1 N–H and O–H groups in total. The van der Waals surface area contributed by atoms with Crippen LogP contribution in [-0.4, -0.2) is 53.4 Å². The van der Waals surface area contributed by atoms with Crippen LogP contribution in [0.1, 0.15) is 38.5 Å². The first-order valence-corrected chi connectivity index (χ1v) is 10.1. The van der Waals surface area contributed by atoms with Crippen LogP contribution in [0.25, 0.3) is 0 Å². The summed E-state index contributed by atoms with van der Waals surface area (Å²) in [5.41, 5.74) is 0.713. The van der Waals surface area contributed by atoms with Gasteiger partial charge in [0.15, 0.2) is 0 Å². The Morgan fingerprint density at radius 3 is 2.43 bits per heavy atom. The van der Waals surface area contributed by atoms with Crippen molar-refractivity contribution < 1.29 is 14.5 Å². The maximum Gasteiger partial charge on any atom is 0.292 e. The lowest BCUT2D eigenvalue weighted by molar-refractivity contribution is -0.384. The van der Waals surface area contributed by atoms with Gasteiger partial charge in [0.2, 0.25) is 11.8 Å². The van der Waals surface area contributed by atoms with Crippen LogP contribution in [0.2, 0.25) is 0 Å². The number of rotatable bonds is 5. The number of piperidine rings is 1. The number of nitrogens with one attached hydrogen (secondary N) is 1. The lowest BCUT2D eigenvalue weighted by Gasteiger charge is -2.35. The molecular weight excluding hydrogens is 360 g/mol. The van der Waals surface area contributed by atoms with Gasteiger partial charge in [-0.3, -0.25) is 19.7 Å². The van der Waals surface area contributed by atoms with Gasteiger partial charge in [-0.05, 0) is 44.6 Å². The topological polar surface area (TPSA) is 95.8 Å². The molecule has 1 aromatic rings. The summed E-state index contributed by atoms with van der Waals surface area (Å²) in [6, 6.07) is 6.71. The molecule has 0 aromatic heterocycles. The molecule has 1 aliphatic carbocycles. The zero-order valence-corrected chi connectivity index (χ0v) is 15.9. The van der Waals surface area contributed by atoms with Crippen molar-refractivity contribution in [1.82, 2.24) is 10.2 Å². The van der Waals surface area contributed by atoms with E-state index in [-0.39, 0.29) is 34.4 Å². The van der Waals surface area contributed by atoms with Crippen LogP contribution in [0.4, 0.5) is 11.4 Å². The van der Waals surface area contributed by atoms with E-state index in [9.17, 15) is 19.7 Å². The van der Waals surface area contributed by atoms with Crippen molar-refractivity contribution >= 4 is 23.2 Å². The normalized spacial score (nSPS) is 22.9. The maximum absolute atomic E-state index is 13.1. The fraction of sp³-hybridized carbons (Fsp3) is 0.600. The lowest BCUT2D eigenvalue weighted by atomic mass is 9.94. The Labute approximate surface area is 164 Å². The molecule has 0 radical (unpaired) electrons. The van der Waals surface area contributed by atoms with Crippen molar-refractivity contribution in [2.75, 3.05) is 24.5 Å². The second-order valence-electron chi connectivity index (χ2n) is 7.98. The number of carbonyl (C=O) groups is 2. The molecule has 0 spiro atoms. The maximum atomic E-state index is 13.1. The summed E-state index contributed by atoms with van der Waals surface area (Å²) >= 11 is 0. The number of likely N-dealkylation sites (tertiary alicyclic amines) is 1. The van der Waals surface area contributed by atoms with Gasteiger partial charge in [-0.15, -0.1) is 0 Å². The Balaban J connectivity index is 1.37. The Kier molecular flexibility index (Phi) is 5.19. The third kappa shape index (κ3) is 3.81. The third-order valence-corrected chi connectivity index (χ3v) is 6.03. The van der Waals surface area contributed by atoms with Gasteiger partial charge in [-0.1, -0.05) is 12.1 Å². The molecule has 8 nitrogen and oxygen atoms in total. The molecule has 1 saturated carbocycles. The number of benzene rings is 1. The molecule has 1 atom stereocenters. The van der Waals surface area contributed by atoms with Crippen molar-refractivity contribution in [2.45, 2.75) is 50.6 Å². The van der Waals surface area contributed by atoms with Crippen LogP contribution in [0.15, 0.2) is 24.3 Å². The number of anilines is 1. The van der Waals surface area contributed by atoms with Gasteiger partial charge in [0.1, 0.15) is 11.7 Å². The van der Waals surface area contributed by atoms with Gasteiger partial charge in [0, 0.05) is 37.7 Å². The Hall–Kier alpha value is -2.64. The van der Waals surface area contributed by atoms with Gasteiger partial charge in [-0.25, -0.2) is 0 Å². The number of hydrogen-bond acceptors (Lipinski definition) is 5. The van der Waals surface area contributed by atoms with E-state index in [2.05, 4.69) is 5.32 Å². The minimum absolute atomic E-state index is 0.00861. The first kappa shape index (κ1) is 18.7. The summed E-state index contributed by atoms with van der Waals surface area (Å²) in [5, 5.41) is 14.3. The van der Waals surface area contributed by atoms with Crippen molar-refractivity contribution in [3.8, 4) is 0 Å². The molecule has 150 valence electrons. The fourth-order valence-electron chi connectivity index (χ4n) is 4.32. The van der Waals surface area contributed by atoms with Crippen LogP contribution in [0, 0.1) is 16.0 Å². The van der Waals surface area contributed by atoms with E-state index >= 15 is 0 Å². The van der Waals surface area contributed by atoms with Crippen LogP contribution in [0.5, 0.6) is 0 Å². The number of carbonyl (C=O) groups excluding carboxylic acids is 2. The minimum Gasteiger partial charge on any atom is -0.366 e. The van der Waals surface area contributed by atoms with Gasteiger partial charge < -0.3 is 15.1 Å². The zero-order chi connectivity index (χ0) is 19.7. The van der Waals surface area contributed by atoms with Crippen LogP contribution in [0.3, 0.4) is 0 Å². The first-order valence-electron chi connectivity index (χ1n) is 10.1. The standard InChI is InChI=1S/C20H26N4O4/c25-19(21-15-7-8-15)18-6-3-11-23(18)20(26)14-9-12-22(13-10-14)16-4-1-2-5-17(16)24(27)28/h1-2,4-5,14-15,18H,3,6-13H2,(H,21,25). The summed E-state index contributed by atoms with van der Waals surface area (Å²) in [5.74, 6) is -0.0605. The predicted molar refractivity (Wildman–Crippen MR) is 104 cm³/mol. The number of nitro groups is 1. The van der Waals surface area contributed by atoms with E-state index in [0.29, 0.717) is 44.2 Å². The summed E-state index contributed by atoms with van der Waals surface area (Å²) in [6.45, 7) is 1.86. The summed E-state index contributed by atoms with van der Waals surface area (Å²) in [7, 11) is 0. The smallest absolute Gasteiger partial charge is 0.292 e. The van der Waals surface area contributed by atoms with Crippen LogP contribution >= 0.6 is 0 Å². The molecule has 2 heterocycles. The molecule has 4 rings (SSSR count). The number of nitrogens with zero attached hydrogens (tertiary/aromatic N) is 3. The molecule has 0 bridgehead atoms. The molecule has 3 fully saturated rings. The van der Waals surface area contributed by atoms with Crippen molar-refractivity contribution in [3.63, 3.8) is 0 Å². The highest BCUT2D eigenvalue weighted by Crippen LogP contribution is 2.32. The van der Waals surface area contributed by atoms with E-state index in [1.807, 2.05) is 4.90 Å².